The molecule has 136 valence electrons. The summed E-state index contributed by atoms with van der Waals surface area (Å²) in [6.45, 7) is 0. The van der Waals surface area contributed by atoms with Gasteiger partial charge < -0.3 is 4.74 Å². The first kappa shape index (κ1) is 17.2. The van der Waals surface area contributed by atoms with Crippen molar-refractivity contribution in [2.75, 3.05) is 28.4 Å². The predicted octanol–water partition coefficient (Wildman–Crippen LogP) is 2.96. The molecular formula is C18H17ClN2O4S. The molecule has 2 aliphatic heterocycles. The number of para-hydroxylation sites is 2. The zero-order valence-corrected chi connectivity index (χ0v) is 15.6. The minimum atomic E-state index is -3.24. The molecule has 2 aliphatic rings. The van der Waals surface area contributed by atoms with Gasteiger partial charge in [-0.05, 0) is 36.4 Å². The van der Waals surface area contributed by atoms with Crippen molar-refractivity contribution in [3.8, 4) is 5.75 Å². The highest BCUT2D eigenvalue weighted by molar-refractivity contribution is 7.91. The lowest BCUT2D eigenvalue weighted by Crippen LogP contribution is -2.38. The van der Waals surface area contributed by atoms with E-state index in [1.807, 2.05) is 6.07 Å². The van der Waals surface area contributed by atoms with Crippen LogP contribution in [-0.2, 0) is 9.84 Å². The van der Waals surface area contributed by atoms with Crippen molar-refractivity contribution in [2.45, 2.75) is 12.1 Å². The molecule has 4 rings (SSSR count). The lowest BCUT2D eigenvalue weighted by Gasteiger charge is -2.24. The van der Waals surface area contributed by atoms with E-state index in [0.29, 0.717) is 22.1 Å². The number of benzene rings is 2. The summed E-state index contributed by atoms with van der Waals surface area (Å²) in [6.07, 6.45) is 0. The van der Waals surface area contributed by atoms with Gasteiger partial charge in [-0.15, -0.1) is 0 Å². The normalized spacial score (nSPS) is 24.0. The molecule has 0 aromatic heterocycles. The SMILES string of the molecule is COc1ccccc1N1C(=O)N(c2ccc(Cl)cc2)[C@@H]2CS(=O)(=O)C[C@@H]21. The second-order valence-corrected chi connectivity index (χ2v) is 8.97. The van der Waals surface area contributed by atoms with Gasteiger partial charge in [-0.1, -0.05) is 23.7 Å². The van der Waals surface area contributed by atoms with Gasteiger partial charge in [0, 0.05) is 10.7 Å². The minimum Gasteiger partial charge on any atom is -0.495 e. The molecule has 0 radical (unpaired) electrons. The third kappa shape index (κ3) is 2.71. The summed E-state index contributed by atoms with van der Waals surface area (Å²) in [5, 5.41) is 0.553. The zero-order chi connectivity index (χ0) is 18.5. The van der Waals surface area contributed by atoms with E-state index in [1.54, 1.807) is 52.3 Å². The van der Waals surface area contributed by atoms with Crippen LogP contribution in [0.1, 0.15) is 0 Å². The molecule has 2 aromatic carbocycles. The van der Waals surface area contributed by atoms with Crippen LogP contribution in [0.5, 0.6) is 5.75 Å². The molecule has 0 N–H and O–H groups in total. The van der Waals surface area contributed by atoms with Crippen molar-refractivity contribution >= 4 is 38.8 Å². The van der Waals surface area contributed by atoms with E-state index in [0.717, 1.165) is 0 Å². The van der Waals surface area contributed by atoms with E-state index in [-0.39, 0.29) is 17.5 Å². The Morgan fingerprint density at radius 3 is 2.27 bits per heavy atom. The molecule has 2 amide bonds. The van der Waals surface area contributed by atoms with Crippen LogP contribution in [0.4, 0.5) is 16.2 Å². The highest BCUT2D eigenvalue weighted by atomic mass is 35.5. The minimum absolute atomic E-state index is 0.0579. The average Bonchev–Trinajstić information content (AvgIpc) is 3.04. The Balaban J connectivity index is 1.83. The third-order valence-corrected chi connectivity index (χ3v) is 6.77. The molecule has 2 aromatic rings. The van der Waals surface area contributed by atoms with Gasteiger partial charge in [-0.2, -0.15) is 0 Å². The summed E-state index contributed by atoms with van der Waals surface area (Å²) in [5.74, 6) is 0.408. The monoisotopic (exact) mass is 392 g/mol. The number of urea groups is 1. The van der Waals surface area contributed by atoms with Gasteiger partial charge >= 0.3 is 6.03 Å². The fourth-order valence-corrected chi connectivity index (χ4v) is 5.76. The van der Waals surface area contributed by atoms with E-state index in [2.05, 4.69) is 0 Å². The summed E-state index contributed by atoms with van der Waals surface area (Å²) in [4.78, 5) is 16.4. The van der Waals surface area contributed by atoms with Crippen LogP contribution >= 0.6 is 11.6 Å². The molecule has 2 atom stereocenters. The number of anilines is 2. The van der Waals surface area contributed by atoms with E-state index in [4.69, 9.17) is 16.3 Å². The highest BCUT2D eigenvalue weighted by Crippen LogP contribution is 2.41. The molecule has 2 fully saturated rings. The second-order valence-electron chi connectivity index (χ2n) is 6.38. The van der Waals surface area contributed by atoms with E-state index in [1.165, 1.54) is 7.11 Å². The molecule has 0 spiro atoms. The lowest BCUT2D eigenvalue weighted by molar-refractivity contribution is 0.255. The first-order valence-electron chi connectivity index (χ1n) is 8.13. The van der Waals surface area contributed by atoms with Gasteiger partial charge in [0.1, 0.15) is 5.75 Å². The maximum atomic E-state index is 13.3. The van der Waals surface area contributed by atoms with E-state index >= 15 is 0 Å². The molecule has 26 heavy (non-hydrogen) atoms. The molecule has 0 bridgehead atoms. The lowest BCUT2D eigenvalue weighted by atomic mass is 10.1. The van der Waals surface area contributed by atoms with Crippen LogP contribution in [0, 0.1) is 0 Å². The Labute approximate surface area is 156 Å². The molecule has 0 aliphatic carbocycles. The Bertz CT molecular complexity index is 961. The van der Waals surface area contributed by atoms with Crippen molar-refractivity contribution in [3.63, 3.8) is 0 Å². The van der Waals surface area contributed by atoms with Gasteiger partial charge in [0.25, 0.3) is 0 Å². The molecule has 0 saturated carbocycles. The van der Waals surface area contributed by atoms with Crippen molar-refractivity contribution in [2.24, 2.45) is 0 Å². The number of hydrogen-bond donors (Lipinski definition) is 0. The van der Waals surface area contributed by atoms with Crippen LogP contribution in [-0.4, -0.2) is 45.1 Å². The van der Waals surface area contributed by atoms with Gasteiger partial charge in [0.15, 0.2) is 9.84 Å². The molecule has 2 saturated heterocycles. The van der Waals surface area contributed by atoms with Crippen molar-refractivity contribution in [3.05, 3.63) is 53.6 Å². The van der Waals surface area contributed by atoms with Crippen LogP contribution in [0.3, 0.4) is 0 Å². The number of carbonyl (C=O) groups excluding carboxylic acids is 1. The first-order chi connectivity index (χ1) is 12.4. The third-order valence-electron chi connectivity index (χ3n) is 4.82. The Kier molecular flexibility index (Phi) is 4.08. The molecule has 8 heteroatoms. The van der Waals surface area contributed by atoms with Crippen LogP contribution < -0.4 is 14.5 Å². The predicted molar refractivity (Wildman–Crippen MR) is 101 cm³/mol. The van der Waals surface area contributed by atoms with E-state index < -0.39 is 21.9 Å². The van der Waals surface area contributed by atoms with Crippen molar-refractivity contribution in [1.29, 1.82) is 0 Å². The molecule has 6 nitrogen and oxygen atoms in total. The summed E-state index contributed by atoms with van der Waals surface area (Å²) in [5.41, 5.74) is 1.20. The molecule has 0 unspecified atom stereocenters. The zero-order valence-electron chi connectivity index (χ0n) is 14.0. The van der Waals surface area contributed by atoms with Crippen LogP contribution in [0.2, 0.25) is 5.02 Å². The second kappa shape index (κ2) is 6.17. The van der Waals surface area contributed by atoms with Gasteiger partial charge in [-0.3, -0.25) is 9.80 Å². The fraction of sp³-hybridized carbons (Fsp3) is 0.278. The molecule has 2 heterocycles. The summed E-state index contributed by atoms with van der Waals surface area (Å²) in [7, 11) is -1.71. The summed E-state index contributed by atoms with van der Waals surface area (Å²) < 4.78 is 30.0. The Hall–Kier alpha value is -2.25. The number of hydrogen-bond acceptors (Lipinski definition) is 4. The number of ether oxygens (including phenoxy) is 1. The maximum Gasteiger partial charge on any atom is 0.329 e. The van der Waals surface area contributed by atoms with Crippen molar-refractivity contribution < 1.29 is 17.9 Å². The first-order valence-corrected chi connectivity index (χ1v) is 10.3. The standard InChI is InChI=1S/C18H17ClN2O4S/c1-25-17-5-3-2-4-14(17)21-16-11-26(23,24)10-15(16)20(18(21)22)13-8-6-12(19)7-9-13/h2-9,15-16H,10-11H2,1H3/t15-,16+/m1/s1. The highest BCUT2D eigenvalue weighted by Gasteiger charge is 2.54. The number of sulfone groups is 1. The fourth-order valence-electron chi connectivity index (χ4n) is 3.72. The van der Waals surface area contributed by atoms with E-state index in [9.17, 15) is 13.2 Å². The van der Waals surface area contributed by atoms with Crippen molar-refractivity contribution in [1.82, 2.24) is 0 Å². The number of nitrogens with zero attached hydrogens (tertiary/aromatic N) is 2. The Morgan fingerprint density at radius 2 is 1.62 bits per heavy atom. The van der Waals surface area contributed by atoms with Gasteiger partial charge in [0.05, 0.1) is 36.4 Å². The number of fused-ring (bicyclic) bond motifs is 1. The van der Waals surface area contributed by atoms with Crippen LogP contribution in [0.25, 0.3) is 0 Å². The van der Waals surface area contributed by atoms with Crippen LogP contribution in [0.15, 0.2) is 48.5 Å². The largest absolute Gasteiger partial charge is 0.495 e. The quantitative estimate of drug-likeness (QED) is 0.753. The summed E-state index contributed by atoms with van der Waals surface area (Å²) in [6, 6.07) is 12.8. The topological polar surface area (TPSA) is 66.9 Å². The summed E-state index contributed by atoms with van der Waals surface area (Å²) >= 11 is 5.95. The average molecular weight is 393 g/mol. The molecular weight excluding hydrogens is 376 g/mol. The number of carbonyl (C=O) groups is 1. The maximum absolute atomic E-state index is 13.3. The Morgan fingerprint density at radius 1 is 1.00 bits per heavy atom. The smallest absolute Gasteiger partial charge is 0.329 e. The number of halogens is 1. The number of rotatable bonds is 3. The van der Waals surface area contributed by atoms with Gasteiger partial charge in [0.2, 0.25) is 0 Å². The van der Waals surface area contributed by atoms with Gasteiger partial charge in [-0.25, -0.2) is 13.2 Å². The number of amides is 2. The number of methoxy groups -OCH3 is 1.